The molecule has 0 radical (unpaired) electrons. The molecule has 0 spiro atoms. The van der Waals surface area contributed by atoms with Crippen LogP contribution in [0, 0.1) is 17.7 Å². The number of carbonyl (C=O) groups excluding carboxylic acids is 2. The Kier molecular flexibility index (Phi) is 8.75. The summed E-state index contributed by atoms with van der Waals surface area (Å²) in [6.45, 7) is 4.80. The number of benzene rings is 2. The van der Waals surface area contributed by atoms with Crippen molar-refractivity contribution in [3.63, 3.8) is 0 Å². The normalized spacial score (nSPS) is 19.4. The number of halogens is 1. The summed E-state index contributed by atoms with van der Waals surface area (Å²) < 4.78 is 17.7. The molecule has 2 atom stereocenters. The van der Waals surface area contributed by atoms with Gasteiger partial charge in [0.25, 0.3) is 0 Å². The Morgan fingerprint density at radius 3 is 2.61 bits per heavy atom. The van der Waals surface area contributed by atoms with E-state index in [0.29, 0.717) is 25.1 Å². The standard InChI is InChI=1S/C41H39FN10O2/c1-48-40-27(7-3-11-30(40)39(47-48)31-15-18-38(53)45-41(31)54)9-5-19-49-21-23-50(24-22-49)36-14-4-12-32(44-36)34-26-43-35-16-17-37(46-52(34)35)51-20-6-13-33(51)28-8-2-10-29(42)25-28/h2-4,7-8,10-12,14,16-17,25-26,31,33H,6,13,15,18-24H2,1H3,(H,45,53,54)/t31?,33-/m1/s1. The van der Waals surface area contributed by atoms with Crippen LogP contribution in [0.15, 0.2) is 79.0 Å². The van der Waals surface area contributed by atoms with E-state index < -0.39 is 5.92 Å². The zero-order chi connectivity index (χ0) is 36.8. The highest BCUT2D eigenvalue weighted by Gasteiger charge is 2.32. The zero-order valence-corrected chi connectivity index (χ0v) is 30.0. The summed E-state index contributed by atoms with van der Waals surface area (Å²) in [6.07, 6.45) is 4.54. The number of pyridine rings is 1. The van der Waals surface area contributed by atoms with Crippen LogP contribution in [0.4, 0.5) is 16.0 Å². The van der Waals surface area contributed by atoms with Crippen molar-refractivity contribution in [2.45, 2.75) is 37.6 Å². The van der Waals surface area contributed by atoms with Gasteiger partial charge < -0.3 is 9.80 Å². The summed E-state index contributed by atoms with van der Waals surface area (Å²) in [7, 11) is 1.87. The van der Waals surface area contributed by atoms with Crippen LogP contribution in [0.3, 0.4) is 0 Å². The Hall–Kier alpha value is -6.13. The fraction of sp³-hybridized carbons (Fsp3) is 0.317. The number of nitrogens with one attached hydrogen (secondary N) is 1. The van der Waals surface area contributed by atoms with Gasteiger partial charge in [0.05, 0.1) is 47.2 Å². The molecule has 3 fully saturated rings. The first-order valence-corrected chi connectivity index (χ1v) is 18.5. The molecule has 7 heterocycles. The van der Waals surface area contributed by atoms with E-state index in [0.717, 1.165) is 96.3 Å². The number of fused-ring (bicyclic) bond motifs is 2. The van der Waals surface area contributed by atoms with Gasteiger partial charge in [-0.15, -0.1) is 5.10 Å². The van der Waals surface area contributed by atoms with Gasteiger partial charge in [-0.2, -0.15) is 5.10 Å². The predicted octanol–water partition coefficient (Wildman–Crippen LogP) is 4.85. The van der Waals surface area contributed by atoms with Gasteiger partial charge in [0.1, 0.15) is 23.1 Å². The Morgan fingerprint density at radius 1 is 0.907 bits per heavy atom. The number of aromatic nitrogens is 6. The summed E-state index contributed by atoms with van der Waals surface area (Å²) in [5.74, 6) is 7.27. The fourth-order valence-corrected chi connectivity index (χ4v) is 8.09. The van der Waals surface area contributed by atoms with E-state index in [2.05, 4.69) is 36.8 Å². The minimum atomic E-state index is -0.452. The summed E-state index contributed by atoms with van der Waals surface area (Å²) in [6, 6.07) is 22.9. The second-order valence-electron chi connectivity index (χ2n) is 14.2. The van der Waals surface area contributed by atoms with E-state index in [1.165, 1.54) is 6.07 Å². The van der Waals surface area contributed by atoms with Crippen molar-refractivity contribution in [1.82, 2.24) is 39.6 Å². The molecular weight excluding hydrogens is 684 g/mol. The van der Waals surface area contributed by atoms with Crippen LogP contribution in [0.25, 0.3) is 27.9 Å². The summed E-state index contributed by atoms with van der Waals surface area (Å²) in [5.41, 5.74) is 5.76. The molecule has 3 aliphatic rings. The number of hydrogen-bond donors (Lipinski definition) is 1. The molecule has 0 saturated carbocycles. The number of piperidine rings is 1. The monoisotopic (exact) mass is 722 g/mol. The van der Waals surface area contributed by atoms with Gasteiger partial charge in [0.2, 0.25) is 11.8 Å². The highest BCUT2D eigenvalue weighted by Crippen LogP contribution is 2.36. The van der Waals surface area contributed by atoms with E-state index in [1.54, 1.807) is 16.8 Å². The lowest BCUT2D eigenvalue weighted by Crippen LogP contribution is -2.46. The first-order chi connectivity index (χ1) is 26.4. The molecule has 1 unspecified atom stereocenters. The van der Waals surface area contributed by atoms with Crippen LogP contribution in [0.2, 0.25) is 0 Å². The van der Waals surface area contributed by atoms with E-state index in [1.807, 2.05) is 72.4 Å². The number of imide groups is 1. The van der Waals surface area contributed by atoms with Crippen molar-refractivity contribution in [2.75, 3.05) is 49.1 Å². The third-order valence-electron chi connectivity index (χ3n) is 10.8. The molecule has 54 heavy (non-hydrogen) atoms. The van der Waals surface area contributed by atoms with Crippen LogP contribution in [-0.4, -0.2) is 85.3 Å². The number of imidazole rings is 1. The number of nitrogens with zero attached hydrogens (tertiary/aromatic N) is 9. The number of para-hydroxylation sites is 1. The molecule has 3 aliphatic heterocycles. The van der Waals surface area contributed by atoms with Crippen LogP contribution in [0.1, 0.15) is 54.5 Å². The number of hydrogen-bond acceptors (Lipinski definition) is 9. The number of carbonyl (C=O) groups is 2. The molecule has 272 valence electrons. The predicted molar refractivity (Wildman–Crippen MR) is 203 cm³/mol. The van der Waals surface area contributed by atoms with Gasteiger partial charge in [-0.1, -0.05) is 42.2 Å². The van der Waals surface area contributed by atoms with Gasteiger partial charge in [-0.05, 0) is 67.3 Å². The maximum atomic E-state index is 14.1. The average Bonchev–Trinajstić information content (AvgIpc) is 3.93. The molecule has 13 heteroatoms. The Morgan fingerprint density at radius 2 is 1.76 bits per heavy atom. The van der Waals surface area contributed by atoms with Gasteiger partial charge >= 0.3 is 0 Å². The molecule has 9 rings (SSSR count). The van der Waals surface area contributed by atoms with E-state index in [9.17, 15) is 14.0 Å². The molecule has 0 aliphatic carbocycles. The van der Waals surface area contributed by atoms with E-state index >= 15 is 0 Å². The van der Waals surface area contributed by atoms with Crippen molar-refractivity contribution >= 4 is 40.0 Å². The molecule has 4 aromatic heterocycles. The summed E-state index contributed by atoms with van der Waals surface area (Å²) in [5, 5.41) is 13.1. The minimum Gasteiger partial charge on any atom is -0.354 e. The molecule has 2 aromatic carbocycles. The van der Waals surface area contributed by atoms with Gasteiger partial charge in [0, 0.05) is 51.6 Å². The summed E-state index contributed by atoms with van der Waals surface area (Å²) >= 11 is 0. The Labute approximate surface area is 311 Å². The highest BCUT2D eigenvalue weighted by atomic mass is 19.1. The number of aryl methyl sites for hydroxylation is 1. The number of amides is 2. The first kappa shape index (κ1) is 33.7. The van der Waals surface area contributed by atoms with Crippen LogP contribution < -0.4 is 15.1 Å². The maximum Gasteiger partial charge on any atom is 0.235 e. The molecule has 6 aromatic rings. The largest absolute Gasteiger partial charge is 0.354 e. The molecule has 1 N–H and O–H groups in total. The second kappa shape index (κ2) is 14.0. The van der Waals surface area contributed by atoms with Crippen molar-refractivity contribution in [3.8, 4) is 23.2 Å². The SMILES string of the molecule is Cn1nc(C2CCC(=O)NC2=O)c2cccc(C#CCN3CCN(c4cccc(-c5cnc6ccc(N7CCC[C@@H]7c7cccc(F)c7)nn56)n4)CC3)c21. The lowest BCUT2D eigenvalue weighted by molar-refractivity contribution is -0.134. The fourth-order valence-electron chi connectivity index (χ4n) is 8.09. The van der Waals surface area contributed by atoms with Crippen LogP contribution >= 0.6 is 0 Å². The van der Waals surface area contributed by atoms with Crippen LogP contribution in [0.5, 0.6) is 0 Å². The Balaban J connectivity index is 0.873. The zero-order valence-electron chi connectivity index (χ0n) is 30.0. The van der Waals surface area contributed by atoms with Crippen molar-refractivity contribution < 1.29 is 14.0 Å². The number of rotatable bonds is 6. The van der Waals surface area contributed by atoms with Crippen molar-refractivity contribution in [3.05, 3.63) is 102 Å². The Bertz CT molecular complexity index is 2470. The van der Waals surface area contributed by atoms with Gasteiger partial charge in [0.15, 0.2) is 5.65 Å². The van der Waals surface area contributed by atoms with Gasteiger partial charge in [-0.3, -0.25) is 24.5 Å². The topological polar surface area (TPSA) is 117 Å². The van der Waals surface area contributed by atoms with E-state index in [4.69, 9.17) is 15.2 Å². The molecular formula is C41H39FN10O2. The van der Waals surface area contributed by atoms with E-state index in [-0.39, 0.29) is 23.7 Å². The number of anilines is 2. The van der Waals surface area contributed by atoms with Crippen molar-refractivity contribution in [1.29, 1.82) is 0 Å². The number of piperazine rings is 1. The lowest BCUT2D eigenvalue weighted by Gasteiger charge is -2.34. The van der Waals surface area contributed by atoms with Crippen LogP contribution in [-0.2, 0) is 16.6 Å². The lowest BCUT2D eigenvalue weighted by atomic mass is 9.92. The summed E-state index contributed by atoms with van der Waals surface area (Å²) in [4.78, 5) is 40.9. The van der Waals surface area contributed by atoms with Crippen molar-refractivity contribution in [2.24, 2.45) is 7.05 Å². The third-order valence-corrected chi connectivity index (χ3v) is 10.8. The third kappa shape index (κ3) is 6.32. The highest BCUT2D eigenvalue weighted by molar-refractivity contribution is 6.03. The van der Waals surface area contributed by atoms with Gasteiger partial charge in [-0.25, -0.2) is 18.9 Å². The molecule has 0 bridgehead atoms. The minimum absolute atomic E-state index is 0.0687. The molecule has 3 saturated heterocycles. The molecule has 2 amide bonds. The first-order valence-electron chi connectivity index (χ1n) is 18.5. The molecule has 12 nitrogen and oxygen atoms in total. The maximum absolute atomic E-state index is 14.1. The average molecular weight is 723 g/mol. The quantitative estimate of drug-likeness (QED) is 0.190. The smallest absolute Gasteiger partial charge is 0.235 e. The second-order valence-corrected chi connectivity index (χ2v) is 14.2.